The van der Waals surface area contributed by atoms with Crippen LogP contribution in [0.2, 0.25) is 5.02 Å². The molecule has 1 N–H and O–H groups in total. The average Bonchev–Trinajstić information content (AvgIpc) is 2.33. The fourth-order valence-electron chi connectivity index (χ4n) is 2.01. The first kappa shape index (κ1) is 17.3. The summed E-state index contributed by atoms with van der Waals surface area (Å²) in [5.41, 5.74) is 2.51. The molecule has 20 heavy (non-hydrogen) atoms. The molecule has 114 valence electrons. The zero-order valence-corrected chi connectivity index (χ0v) is 14.5. The van der Waals surface area contributed by atoms with Crippen LogP contribution in [-0.4, -0.2) is 19.1 Å². The third-order valence-corrected chi connectivity index (χ3v) is 3.70. The highest BCUT2D eigenvalue weighted by atomic mass is 35.5. The van der Waals surface area contributed by atoms with Crippen LogP contribution >= 0.6 is 11.6 Å². The lowest BCUT2D eigenvalue weighted by atomic mass is 10.1. The van der Waals surface area contributed by atoms with Gasteiger partial charge in [0.05, 0.1) is 0 Å². The molecular formula is C17H29ClN2. The summed E-state index contributed by atoms with van der Waals surface area (Å²) in [6, 6.07) is 6.16. The summed E-state index contributed by atoms with van der Waals surface area (Å²) in [7, 11) is 2.15. The lowest BCUT2D eigenvalue weighted by molar-refractivity contribution is 0.424. The SMILES string of the molecule is CC(C)CCN(C)c1cccc(Cl)c1CNC(C)(C)C. The van der Waals surface area contributed by atoms with Gasteiger partial charge in [0.1, 0.15) is 0 Å². The van der Waals surface area contributed by atoms with Gasteiger partial charge in [0.25, 0.3) is 0 Å². The minimum atomic E-state index is 0.0902. The van der Waals surface area contributed by atoms with Crippen LogP contribution in [0, 0.1) is 5.92 Å². The highest BCUT2D eigenvalue weighted by Gasteiger charge is 2.14. The number of halogens is 1. The fraction of sp³-hybridized carbons (Fsp3) is 0.647. The standard InChI is InChI=1S/C17H29ClN2/c1-13(2)10-11-20(6)16-9-7-8-15(18)14(16)12-19-17(3,4)5/h7-9,13,19H,10-12H2,1-6H3. The van der Waals surface area contributed by atoms with Crippen LogP contribution in [0.5, 0.6) is 0 Å². The molecule has 0 fully saturated rings. The molecule has 0 aliphatic heterocycles. The molecule has 1 aromatic carbocycles. The van der Waals surface area contributed by atoms with Crippen molar-refractivity contribution in [3.05, 3.63) is 28.8 Å². The van der Waals surface area contributed by atoms with Gasteiger partial charge in [0.2, 0.25) is 0 Å². The first-order valence-electron chi connectivity index (χ1n) is 7.44. The molecule has 0 atom stereocenters. The van der Waals surface area contributed by atoms with Crippen molar-refractivity contribution in [2.24, 2.45) is 5.92 Å². The highest BCUT2D eigenvalue weighted by molar-refractivity contribution is 6.31. The van der Waals surface area contributed by atoms with E-state index in [1.807, 2.05) is 12.1 Å². The predicted molar refractivity (Wildman–Crippen MR) is 90.8 cm³/mol. The smallest absolute Gasteiger partial charge is 0.0471 e. The Morgan fingerprint density at radius 3 is 2.45 bits per heavy atom. The van der Waals surface area contributed by atoms with Crippen molar-refractivity contribution in [2.75, 3.05) is 18.5 Å². The van der Waals surface area contributed by atoms with Crippen molar-refractivity contribution in [1.82, 2.24) is 5.32 Å². The van der Waals surface area contributed by atoms with Gasteiger partial charge in [-0.3, -0.25) is 0 Å². The molecule has 1 rings (SSSR count). The minimum absolute atomic E-state index is 0.0902. The van der Waals surface area contributed by atoms with Gasteiger partial charge in [0, 0.05) is 41.9 Å². The molecule has 0 heterocycles. The van der Waals surface area contributed by atoms with E-state index in [0.29, 0.717) is 5.92 Å². The topological polar surface area (TPSA) is 15.3 Å². The molecule has 0 aliphatic rings. The molecule has 0 saturated heterocycles. The largest absolute Gasteiger partial charge is 0.374 e. The molecular weight excluding hydrogens is 268 g/mol. The van der Waals surface area contributed by atoms with Gasteiger partial charge in [0.15, 0.2) is 0 Å². The summed E-state index contributed by atoms with van der Waals surface area (Å²) in [6.45, 7) is 12.9. The van der Waals surface area contributed by atoms with Crippen molar-refractivity contribution in [3.63, 3.8) is 0 Å². The number of benzene rings is 1. The summed E-state index contributed by atoms with van der Waals surface area (Å²) in [5.74, 6) is 0.716. The molecule has 1 aromatic rings. The van der Waals surface area contributed by atoms with Gasteiger partial charge in [-0.25, -0.2) is 0 Å². The lowest BCUT2D eigenvalue weighted by Gasteiger charge is -2.27. The number of hydrogen-bond acceptors (Lipinski definition) is 2. The van der Waals surface area contributed by atoms with Crippen molar-refractivity contribution in [3.8, 4) is 0 Å². The highest BCUT2D eigenvalue weighted by Crippen LogP contribution is 2.27. The Balaban J connectivity index is 2.87. The van der Waals surface area contributed by atoms with Crippen LogP contribution in [0.15, 0.2) is 18.2 Å². The summed E-state index contributed by atoms with van der Waals surface area (Å²) in [6.07, 6.45) is 1.19. The number of nitrogens with one attached hydrogen (secondary N) is 1. The second kappa shape index (κ2) is 7.33. The number of nitrogens with zero attached hydrogens (tertiary/aromatic N) is 1. The van der Waals surface area contributed by atoms with Crippen LogP contribution in [0.25, 0.3) is 0 Å². The van der Waals surface area contributed by atoms with E-state index in [1.54, 1.807) is 0 Å². The molecule has 0 spiro atoms. The molecule has 0 unspecified atom stereocenters. The molecule has 0 amide bonds. The van der Waals surface area contributed by atoms with Crippen molar-refractivity contribution < 1.29 is 0 Å². The fourth-order valence-corrected chi connectivity index (χ4v) is 2.24. The third kappa shape index (κ3) is 5.72. The summed E-state index contributed by atoms with van der Waals surface area (Å²) in [5, 5.41) is 4.37. The van der Waals surface area contributed by atoms with Crippen LogP contribution in [-0.2, 0) is 6.54 Å². The van der Waals surface area contributed by atoms with E-state index in [0.717, 1.165) is 18.1 Å². The van der Waals surface area contributed by atoms with Crippen LogP contribution in [0.3, 0.4) is 0 Å². The van der Waals surface area contributed by atoms with Crippen molar-refractivity contribution in [1.29, 1.82) is 0 Å². The number of hydrogen-bond donors (Lipinski definition) is 1. The summed E-state index contributed by atoms with van der Waals surface area (Å²) < 4.78 is 0. The van der Waals surface area contributed by atoms with E-state index < -0.39 is 0 Å². The molecule has 3 heteroatoms. The van der Waals surface area contributed by atoms with E-state index in [2.05, 4.69) is 57.9 Å². The minimum Gasteiger partial charge on any atom is -0.374 e. The quantitative estimate of drug-likeness (QED) is 0.818. The van der Waals surface area contributed by atoms with Gasteiger partial charge in [-0.15, -0.1) is 0 Å². The number of anilines is 1. The molecule has 2 nitrogen and oxygen atoms in total. The summed E-state index contributed by atoms with van der Waals surface area (Å²) >= 11 is 6.40. The zero-order chi connectivity index (χ0) is 15.3. The van der Waals surface area contributed by atoms with E-state index in [4.69, 9.17) is 11.6 Å². The predicted octanol–water partition coefficient (Wildman–Crippen LogP) is 4.71. The maximum atomic E-state index is 6.40. The maximum Gasteiger partial charge on any atom is 0.0471 e. The second-order valence-electron chi connectivity index (χ2n) is 6.95. The van der Waals surface area contributed by atoms with Gasteiger partial charge in [-0.1, -0.05) is 31.5 Å². The zero-order valence-electron chi connectivity index (χ0n) is 13.8. The van der Waals surface area contributed by atoms with E-state index >= 15 is 0 Å². The third-order valence-electron chi connectivity index (χ3n) is 3.34. The van der Waals surface area contributed by atoms with E-state index in [1.165, 1.54) is 17.7 Å². The molecule has 0 radical (unpaired) electrons. The van der Waals surface area contributed by atoms with Crippen LogP contribution < -0.4 is 10.2 Å². The monoisotopic (exact) mass is 296 g/mol. The summed E-state index contributed by atoms with van der Waals surface area (Å²) in [4.78, 5) is 2.31. The first-order chi connectivity index (χ1) is 9.20. The Morgan fingerprint density at radius 2 is 1.90 bits per heavy atom. The molecule has 0 bridgehead atoms. The molecule has 0 aromatic heterocycles. The molecule has 0 saturated carbocycles. The Morgan fingerprint density at radius 1 is 1.25 bits per heavy atom. The van der Waals surface area contributed by atoms with Gasteiger partial charge < -0.3 is 10.2 Å². The Bertz CT molecular complexity index is 421. The Labute approximate surface area is 129 Å². The van der Waals surface area contributed by atoms with E-state index in [9.17, 15) is 0 Å². The maximum absolute atomic E-state index is 6.40. The number of rotatable bonds is 6. The first-order valence-corrected chi connectivity index (χ1v) is 7.82. The van der Waals surface area contributed by atoms with Gasteiger partial charge >= 0.3 is 0 Å². The van der Waals surface area contributed by atoms with Gasteiger partial charge in [-0.2, -0.15) is 0 Å². The van der Waals surface area contributed by atoms with Crippen molar-refractivity contribution >= 4 is 17.3 Å². The second-order valence-corrected chi connectivity index (χ2v) is 7.35. The van der Waals surface area contributed by atoms with Crippen LogP contribution in [0.1, 0.15) is 46.6 Å². The van der Waals surface area contributed by atoms with E-state index in [-0.39, 0.29) is 5.54 Å². The van der Waals surface area contributed by atoms with Gasteiger partial charge in [-0.05, 0) is 45.2 Å². The Kier molecular flexibility index (Phi) is 6.35. The lowest BCUT2D eigenvalue weighted by Crippen LogP contribution is -2.35. The van der Waals surface area contributed by atoms with Crippen LogP contribution in [0.4, 0.5) is 5.69 Å². The van der Waals surface area contributed by atoms with Crippen molar-refractivity contribution in [2.45, 2.75) is 53.1 Å². The Hall–Kier alpha value is -0.730. The average molecular weight is 297 g/mol. The normalized spacial score (nSPS) is 12.0. The molecule has 0 aliphatic carbocycles.